The lowest BCUT2D eigenvalue weighted by Gasteiger charge is -2.10. The number of hydrogen-bond acceptors (Lipinski definition) is 6. The molecule has 142 valence electrons. The largest absolute Gasteiger partial charge is 0.384 e. The molecule has 10 nitrogen and oxygen atoms in total. The fourth-order valence-corrected chi connectivity index (χ4v) is 2.86. The zero-order valence-corrected chi connectivity index (χ0v) is 15.5. The molecule has 0 bridgehead atoms. The molecule has 6 N–H and O–H groups in total. The molecule has 0 aliphatic carbocycles. The van der Waals surface area contributed by atoms with Gasteiger partial charge in [-0.3, -0.25) is 19.1 Å². The first kappa shape index (κ1) is 20.5. The topological polar surface area (TPSA) is 165 Å². The average molecular weight is 402 g/mol. The molecule has 2 heterocycles. The van der Waals surface area contributed by atoms with Gasteiger partial charge in [0.25, 0.3) is 0 Å². The van der Waals surface area contributed by atoms with Crippen molar-refractivity contribution in [3.63, 3.8) is 0 Å². The van der Waals surface area contributed by atoms with Gasteiger partial charge in [-0.25, -0.2) is 0 Å². The van der Waals surface area contributed by atoms with Gasteiger partial charge in [0.2, 0.25) is 0 Å². The van der Waals surface area contributed by atoms with E-state index in [0.717, 1.165) is 0 Å². The van der Waals surface area contributed by atoms with E-state index in [1.54, 1.807) is 36.7 Å². The second-order valence-corrected chi connectivity index (χ2v) is 9.04. The zero-order valence-electron chi connectivity index (χ0n) is 13.7. The summed E-state index contributed by atoms with van der Waals surface area (Å²) in [5, 5.41) is 5.83. The number of rotatable bonds is 9. The molecule has 0 amide bonds. The van der Waals surface area contributed by atoms with Crippen LogP contribution in [0.5, 0.6) is 0 Å². The Morgan fingerprint density at radius 3 is 1.50 bits per heavy atom. The summed E-state index contributed by atoms with van der Waals surface area (Å²) < 4.78 is 21.7. The number of pyridine rings is 2. The number of aromatic nitrogens is 2. The van der Waals surface area contributed by atoms with E-state index < -0.39 is 15.2 Å². The van der Waals surface area contributed by atoms with Crippen molar-refractivity contribution in [3.8, 4) is 11.4 Å². The molecule has 0 spiro atoms. The molecule has 0 aliphatic rings. The van der Waals surface area contributed by atoms with E-state index in [1.807, 2.05) is 0 Å². The standard InChI is InChI=1S/C14H20N4O6P2/c19-25(20,21)7-5-15-11-1-3-17-13(9-11)14-10-12(2-4-18-14)16-6-8-26(22,23)24/h1-4,9-10H,5-8H2,(H,15,17)(H,16,18)(H2,19,20,21)(H2,22,23,24). The van der Waals surface area contributed by atoms with Crippen molar-refractivity contribution in [1.82, 2.24) is 9.97 Å². The number of nitrogens with zero attached hydrogens (tertiary/aromatic N) is 2. The van der Waals surface area contributed by atoms with Crippen molar-refractivity contribution in [2.75, 3.05) is 36.0 Å². The molecular weight excluding hydrogens is 382 g/mol. The molecule has 0 saturated carbocycles. The van der Waals surface area contributed by atoms with E-state index >= 15 is 0 Å². The molecule has 0 radical (unpaired) electrons. The van der Waals surface area contributed by atoms with Crippen LogP contribution < -0.4 is 10.6 Å². The Kier molecular flexibility index (Phi) is 6.88. The zero-order chi connectivity index (χ0) is 19.2. The highest BCUT2D eigenvalue weighted by Gasteiger charge is 2.13. The maximum absolute atomic E-state index is 10.9. The number of hydrogen-bond donors (Lipinski definition) is 6. The van der Waals surface area contributed by atoms with E-state index in [0.29, 0.717) is 22.8 Å². The van der Waals surface area contributed by atoms with Gasteiger partial charge in [-0.05, 0) is 24.3 Å². The SMILES string of the molecule is O=P(O)(O)CCNc1ccnc(-c2cc(NCCP(=O)(O)O)ccn2)c1. The predicted molar refractivity (Wildman–Crippen MR) is 98.3 cm³/mol. The molecule has 2 rings (SSSR count). The lowest BCUT2D eigenvalue weighted by Crippen LogP contribution is -2.07. The summed E-state index contributed by atoms with van der Waals surface area (Å²) in [5.74, 6) is 0. The molecule has 0 aromatic carbocycles. The highest BCUT2D eigenvalue weighted by atomic mass is 31.2. The third-order valence-electron chi connectivity index (χ3n) is 3.25. The van der Waals surface area contributed by atoms with Crippen LogP contribution in [-0.2, 0) is 9.13 Å². The minimum Gasteiger partial charge on any atom is -0.384 e. The summed E-state index contributed by atoms with van der Waals surface area (Å²) in [6.45, 7) is 0.232. The van der Waals surface area contributed by atoms with Crippen LogP contribution in [0.25, 0.3) is 11.4 Å². The predicted octanol–water partition coefficient (Wildman–Crippen LogP) is 1.32. The average Bonchev–Trinajstić information content (AvgIpc) is 2.53. The highest BCUT2D eigenvalue weighted by molar-refractivity contribution is 7.52. The van der Waals surface area contributed by atoms with Crippen LogP contribution in [0.15, 0.2) is 36.7 Å². The summed E-state index contributed by atoms with van der Waals surface area (Å²) in [6.07, 6.45) is 2.54. The summed E-state index contributed by atoms with van der Waals surface area (Å²) in [7, 11) is -8.11. The van der Waals surface area contributed by atoms with Crippen molar-refractivity contribution in [3.05, 3.63) is 36.7 Å². The summed E-state index contributed by atoms with van der Waals surface area (Å²) in [4.78, 5) is 43.9. The molecule has 0 unspecified atom stereocenters. The Labute approximate surface area is 150 Å². The summed E-state index contributed by atoms with van der Waals surface area (Å²) in [6, 6.07) is 6.74. The van der Waals surface area contributed by atoms with Crippen LogP contribution in [0.1, 0.15) is 0 Å². The van der Waals surface area contributed by atoms with Crippen molar-refractivity contribution in [1.29, 1.82) is 0 Å². The molecule has 0 saturated heterocycles. The van der Waals surface area contributed by atoms with Crippen LogP contribution in [0.2, 0.25) is 0 Å². The first-order valence-electron chi connectivity index (χ1n) is 7.62. The van der Waals surface area contributed by atoms with E-state index in [9.17, 15) is 9.13 Å². The van der Waals surface area contributed by atoms with E-state index in [-0.39, 0.29) is 25.4 Å². The molecule has 0 atom stereocenters. The second-order valence-electron chi connectivity index (χ2n) is 5.49. The molecule has 0 fully saturated rings. The second kappa shape index (κ2) is 8.73. The maximum Gasteiger partial charge on any atom is 0.327 e. The van der Waals surface area contributed by atoms with Crippen LogP contribution >= 0.6 is 15.2 Å². The monoisotopic (exact) mass is 402 g/mol. The van der Waals surface area contributed by atoms with Crippen molar-refractivity contribution < 1.29 is 28.7 Å². The normalized spacial score (nSPS) is 12.0. The first-order valence-corrected chi connectivity index (χ1v) is 11.2. The van der Waals surface area contributed by atoms with Gasteiger partial charge in [0.05, 0.1) is 23.7 Å². The Hall–Kier alpha value is -1.80. The molecular formula is C14H20N4O6P2. The van der Waals surface area contributed by atoms with Gasteiger partial charge in [-0.2, -0.15) is 0 Å². The highest BCUT2D eigenvalue weighted by Crippen LogP contribution is 2.34. The van der Waals surface area contributed by atoms with Gasteiger partial charge >= 0.3 is 15.2 Å². The molecule has 2 aromatic rings. The van der Waals surface area contributed by atoms with Crippen molar-refractivity contribution in [2.45, 2.75) is 0 Å². The van der Waals surface area contributed by atoms with Gasteiger partial charge in [-0.1, -0.05) is 0 Å². The summed E-state index contributed by atoms with van der Waals surface area (Å²) >= 11 is 0. The fraction of sp³-hybridized carbons (Fsp3) is 0.286. The Morgan fingerprint density at radius 2 is 1.15 bits per heavy atom. The van der Waals surface area contributed by atoms with Gasteiger partial charge in [0, 0.05) is 36.9 Å². The maximum atomic E-state index is 10.9. The molecule has 2 aromatic heterocycles. The minimum absolute atomic E-state index is 0.116. The Balaban J connectivity index is 2.04. The van der Waals surface area contributed by atoms with E-state index in [1.165, 1.54) is 0 Å². The summed E-state index contributed by atoms with van der Waals surface area (Å²) in [5.41, 5.74) is 2.38. The van der Waals surface area contributed by atoms with Gasteiger partial charge in [0.1, 0.15) is 0 Å². The minimum atomic E-state index is -4.06. The number of nitrogens with one attached hydrogen (secondary N) is 2. The Morgan fingerprint density at radius 1 is 0.769 bits per heavy atom. The van der Waals surface area contributed by atoms with Crippen LogP contribution in [0.4, 0.5) is 11.4 Å². The fourth-order valence-electron chi connectivity index (χ4n) is 2.05. The van der Waals surface area contributed by atoms with Gasteiger partial charge in [-0.15, -0.1) is 0 Å². The lowest BCUT2D eigenvalue weighted by molar-refractivity contribution is 0.372. The number of anilines is 2. The molecule has 26 heavy (non-hydrogen) atoms. The Bertz CT molecular complexity index is 768. The van der Waals surface area contributed by atoms with Gasteiger partial charge in [0.15, 0.2) is 0 Å². The third-order valence-corrected chi connectivity index (χ3v) is 4.86. The lowest BCUT2D eigenvalue weighted by atomic mass is 10.2. The smallest absolute Gasteiger partial charge is 0.327 e. The van der Waals surface area contributed by atoms with Crippen molar-refractivity contribution in [2.24, 2.45) is 0 Å². The van der Waals surface area contributed by atoms with Crippen molar-refractivity contribution >= 4 is 26.6 Å². The third kappa shape index (κ3) is 7.61. The van der Waals surface area contributed by atoms with Crippen LogP contribution in [0.3, 0.4) is 0 Å². The van der Waals surface area contributed by atoms with Crippen LogP contribution in [-0.4, -0.2) is 55.0 Å². The quantitative estimate of drug-likeness (QED) is 0.337. The van der Waals surface area contributed by atoms with E-state index in [4.69, 9.17) is 19.6 Å². The van der Waals surface area contributed by atoms with E-state index in [2.05, 4.69) is 20.6 Å². The first-order chi connectivity index (χ1) is 12.1. The molecule has 0 aliphatic heterocycles. The van der Waals surface area contributed by atoms with Gasteiger partial charge < -0.3 is 30.2 Å². The van der Waals surface area contributed by atoms with Crippen LogP contribution in [0, 0.1) is 0 Å². The molecule has 12 heteroatoms.